The Labute approximate surface area is 225 Å². The van der Waals surface area contributed by atoms with Crippen molar-refractivity contribution in [1.82, 2.24) is 24.5 Å². The van der Waals surface area contributed by atoms with Gasteiger partial charge in [0.25, 0.3) is 5.56 Å². The lowest BCUT2D eigenvalue weighted by Gasteiger charge is -2.28. The number of aryl methyl sites for hydroxylation is 1. The van der Waals surface area contributed by atoms with Gasteiger partial charge in [0, 0.05) is 43.7 Å². The van der Waals surface area contributed by atoms with E-state index in [0.717, 1.165) is 29.9 Å². The Balaban J connectivity index is 1.15. The van der Waals surface area contributed by atoms with E-state index in [4.69, 9.17) is 9.72 Å². The van der Waals surface area contributed by atoms with Gasteiger partial charge in [-0.15, -0.1) is 5.10 Å². The highest BCUT2D eigenvalue weighted by Gasteiger charge is 2.36. The summed E-state index contributed by atoms with van der Waals surface area (Å²) in [7, 11) is 0. The molecule has 1 saturated carbocycles. The first-order valence-electron chi connectivity index (χ1n) is 13.3. The number of nitrogens with zero attached hydrogens (tertiary/aromatic N) is 7. The molecule has 0 N–H and O–H groups in total. The topological polar surface area (TPSA) is 90.4 Å². The summed E-state index contributed by atoms with van der Waals surface area (Å²) < 4.78 is 22.0. The van der Waals surface area contributed by atoms with E-state index in [1.807, 2.05) is 53.7 Å². The molecule has 0 radical (unpaired) electrons. The van der Waals surface area contributed by atoms with Crippen LogP contribution in [0.1, 0.15) is 30.0 Å². The molecule has 1 aliphatic carbocycles. The number of benzene rings is 2. The molecule has 0 amide bonds. The minimum absolute atomic E-state index is 0.146. The van der Waals surface area contributed by atoms with E-state index in [1.54, 1.807) is 21.6 Å². The molecule has 2 aromatic carbocycles. The van der Waals surface area contributed by atoms with E-state index in [1.165, 1.54) is 17.7 Å². The van der Waals surface area contributed by atoms with Crippen molar-refractivity contribution >= 4 is 12.0 Å². The van der Waals surface area contributed by atoms with Gasteiger partial charge in [0.2, 0.25) is 0 Å². The van der Waals surface area contributed by atoms with E-state index in [9.17, 15) is 9.18 Å². The number of halogens is 1. The summed E-state index contributed by atoms with van der Waals surface area (Å²) >= 11 is 0. The van der Waals surface area contributed by atoms with Gasteiger partial charge >= 0.3 is 0 Å². The molecule has 10 heteroatoms. The molecular formula is C29H30FN7O2. The number of aromatic nitrogens is 5. The number of rotatable bonds is 9. The van der Waals surface area contributed by atoms with Crippen LogP contribution < -0.4 is 10.5 Å². The highest BCUT2D eigenvalue weighted by Crippen LogP contribution is 2.46. The van der Waals surface area contributed by atoms with Crippen LogP contribution in [0.4, 0.5) is 10.2 Å². The average molecular weight is 528 g/mol. The average Bonchev–Trinajstić information content (AvgIpc) is 3.53. The minimum atomic E-state index is -0.204. The summed E-state index contributed by atoms with van der Waals surface area (Å²) in [5.41, 5.74) is 3.50. The Morgan fingerprint density at radius 3 is 2.56 bits per heavy atom. The van der Waals surface area contributed by atoms with Crippen LogP contribution in [0.5, 0.6) is 0 Å². The standard InChI is InChI=1S/C29H30FN7O2/c30-23-5-3-21(4-6-23)27-18-22(27)19-31-11-1-2-24-20-36(29(38)28(33-24)35-14-16-39-17-15-35)25-7-9-26(10-8-25)37-13-12-32-34-37/h3-10,12-13,19-20,22,27H,1-2,11,14-18H2/t22?,27-/m0/s1. The second-order valence-corrected chi connectivity index (χ2v) is 9.91. The summed E-state index contributed by atoms with van der Waals surface area (Å²) in [5.74, 6) is 1.11. The van der Waals surface area contributed by atoms with Crippen LogP contribution in [0.3, 0.4) is 0 Å². The van der Waals surface area contributed by atoms with Crippen molar-refractivity contribution in [2.75, 3.05) is 37.7 Å². The SMILES string of the molecule is O=c1c(N2CCOCC2)nc(CCCN=CC2C[C@H]2c2ccc(F)cc2)cn1-c1ccc(-n2ccnn2)cc1. The van der Waals surface area contributed by atoms with Crippen LogP contribution in [0.2, 0.25) is 0 Å². The first kappa shape index (κ1) is 25.1. The van der Waals surface area contributed by atoms with Crippen molar-refractivity contribution < 1.29 is 9.13 Å². The van der Waals surface area contributed by atoms with Crippen molar-refractivity contribution in [3.8, 4) is 11.4 Å². The monoisotopic (exact) mass is 527 g/mol. The normalized spacial score (nSPS) is 19.1. The Kier molecular flexibility index (Phi) is 7.27. The molecule has 1 aliphatic heterocycles. The van der Waals surface area contributed by atoms with Gasteiger partial charge in [0.05, 0.1) is 37.0 Å². The number of aliphatic imine (C=N–C) groups is 1. The third-order valence-corrected chi connectivity index (χ3v) is 7.22. The molecule has 6 rings (SSSR count). The van der Waals surface area contributed by atoms with Crippen molar-refractivity contribution in [2.24, 2.45) is 10.9 Å². The lowest BCUT2D eigenvalue weighted by atomic mass is 10.1. The number of anilines is 1. The molecule has 2 atom stereocenters. The van der Waals surface area contributed by atoms with Gasteiger partial charge in [-0.3, -0.25) is 14.4 Å². The molecule has 0 spiro atoms. The maximum atomic E-state index is 13.5. The predicted molar refractivity (Wildman–Crippen MR) is 147 cm³/mol. The fraction of sp³-hybridized carbons (Fsp3) is 0.345. The number of morpholine rings is 1. The van der Waals surface area contributed by atoms with Crippen molar-refractivity contribution in [2.45, 2.75) is 25.2 Å². The maximum absolute atomic E-state index is 13.5. The minimum Gasteiger partial charge on any atom is -0.378 e. The van der Waals surface area contributed by atoms with Gasteiger partial charge in [-0.1, -0.05) is 17.3 Å². The smallest absolute Gasteiger partial charge is 0.298 e. The predicted octanol–water partition coefficient (Wildman–Crippen LogP) is 3.60. The van der Waals surface area contributed by atoms with Crippen LogP contribution in [0.15, 0.2) is 76.9 Å². The fourth-order valence-electron chi connectivity index (χ4n) is 4.97. The van der Waals surface area contributed by atoms with E-state index in [0.29, 0.717) is 56.9 Å². The summed E-state index contributed by atoms with van der Waals surface area (Å²) in [4.78, 5) is 24.9. The summed E-state index contributed by atoms with van der Waals surface area (Å²) in [6.07, 6.45) is 9.86. The second kappa shape index (κ2) is 11.3. The van der Waals surface area contributed by atoms with Crippen LogP contribution in [0, 0.1) is 11.7 Å². The van der Waals surface area contributed by atoms with E-state index in [-0.39, 0.29) is 11.4 Å². The quantitative estimate of drug-likeness (QED) is 0.244. The molecule has 2 aliphatic rings. The fourth-order valence-corrected chi connectivity index (χ4v) is 4.97. The number of hydrogen-bond acceptors (Lipinski definition) is 7. The first-order chi connectivity index (χ1) is 19.2. The summed E-state index contributed by atoms with van der Waals surface area (Å²) in [6.45, 7) is 3.11. The van der Waals surface area contributed by atoms with Crippen LogP contribution in [-0.4, -0.2) is 63.6 Å². The Morgan fingerprint density at radius 2 is 1.82 bits per heavy atom. The largest absolute Gasteiger partial charge is 0.378 e. The zero-order valence-electron chi connectivity index (χ0n) is 21.6. The van der Waals surface area contributed by atoms with Crippen molar-refractivity contribution in [3.63, 3.8) is 0 Å². The van der Waals surface area contributed by atoms with Gasteiger partial charge in [0.15, 0.2) is 5.82 Å². The molecule has 200 valence electrons. The zero-order valence-corrected chi connectivity index (χ0v) is 21.6. The lowest BCUT2D eigenvalue weighted by molar-refractivity contribution is 0.122. The van der Waals surface area contributed by atoms with E-state index >= 15 is 0 Å². The highest BCUT2D eigenvalue weighted by molar-refractivity contribution is 5.67. The molecule has 2 fully saturated rings. The molecule has 4 aromatic rings. The van der Waals surface area contributed by atoms with Crippen LogP contribution >= 0.6 is 0 Å². The molecule has 3 heterocycles. The highest BCUT2D eigenvalue weighted by atomic mass is 19.1. The summed E-state index contributed by atoms with van der Waals surface area (Å²) in [6, 6.07) is 14.4. The lowest BCUT2D eigenvalue weighted by Crippen LogP contribution is -2.41. The third kappa shape index (κ3) is 5.80. The van der Waals surface area contributed by atoms with Gasteiger partial charge < -0.3 is 9.64 Å². The molecule has 39 heavy (non-hydrogen) atoms. The Morgan fingerprint density at radius 1 is 1.05 bits per heavy atom. The van der Waals surface area contributed by atoms with E-state index in [2.05, 4.69) is 15.3 Å². The van der Waals surface area contributed by atoms with Crippen LogP contribution in [0.25, 0.3) is 11.4 Å². The molecule has 9 nitrogen and oxygen atoms in total. The molecular weight excluding hydrogens is 497 g/mol. The summed E-state index contributed by atoms with van der Waals surface area (Å²) in [5, 5.41) is 7.88. The van der Waals surface area contributed by atoms with Gasteiger partial charge in [-0.25, -0.2) is 14.1 Å². The van der Waals surface area contributed by atoms with Gasteiger partial charge in [0.1, 0.15) is 5.82 Å². The molecule has 1 unspecified atom stereocenters. The molecule has 0 bridgehead atoms. The Hall–Kier alpha value is -4.18. The maximum Gasteiger partial charge on any atom is 0.298 e. The molecule has 1 saturated heterocycles. The van der Waals surface area contributed by atoms with Crippen molar-refractivity contribution in [3.05, 3.63) is 94.5 Å². The molecule has 2 aromatic heterocycles. The number of ether oxygens (including phenoxy) is 1. The first-order valence-corrected chi connectivity index (χ1v) is 13.3. The van der Waals surface area contributed by atoms with Gasteiger partial charge in [-0.05, 0) is 67.1 Å². The zero-order chi connectivity index (χ0) is 26.6. The Bertz CT molecular complexity index is 1480. The van der Waals surface area contributed by atoms with Gasteiger partial charge in [-0.2, -0.15) is 0 Å². The second-order valence-electron chi connectivity index (χ2n) is 9.91. The van der Waals surface area contributed by atoms with Crippen LogP contribution in [-0.2, 0) is 11.2 Å². The third-order valence-electron chi connectivity index (χ3n) is 7.22. The van der Waals surface area contributed by atoms with Crippen molar-refractivity contribution in [1.29, 1.82) is 0 Å². The van der Waals surface area contributed by atoms with E-state index < -0.39 is 0 Å². The number of hydrogen-bond donors (Lipinski definition) is 0.